The zero-order chi connectivity index (χ0) is 16.7. The van der Waals surface area contributed by atoms with Gasteiger partial charge in [0.05, 0.1) is 28.9 Å². The minimum Gasteiger partial charge on any atom is -0.459 e. The SMILES string of the molecule is O=C(N/N=C/c1ccc(SCCO)c([N+](=O)[O-])c1)c1ccco1. The Morgan fingerprint density at radius 3 is 2.96 bits per heavy atom. The molecule has 0 aliphatic rings. The number of furan rings is 1. The maximum Gasteiger partial charge on any atom is 0.307 e. The fourth-order valence-electron chi connectivity index (χ4n) is 1.66. The van der Waals surface area contributed by atoms with Crippen LogP contribution in [0.2, 0.25) is 0 Å². The van der Waals surface area contributed by atoms with Crippen LogP contribution in [0.25, 0.3) is 0 Å². The van der Waals surface area contributed by atoms with Crippen LogP contribution in [0.15, 0.2) is 51.0 Å². The molecule has 2 N–H and O–H groups in total. The second-order valence-corrected chi connectivity index (χ2v) is 5.37. The largest absolute Gasteiger partial charge is 0.459 e. The summed E-state index contributed by atoms with van der Waals surface area (Å²) in [6, 6.07) is 7.62. The molecule has 1 aromatic heterocycles. The number of aliphatic hydroxyl groups is 1. The van der Waals surface area contributed by atoms with Gasteiger partial charge in [-0.15, -0.1) is 11.8 Å². The number of hydrazone groups is 1. The topological polar surface area (TPSA) is 118 Å². The molecule has 0 aliphatic heterocycles. The summed E-state index contributed by atoms with van der Waals surface area (Å²) in [6.45, 7) is -0.0656. The van der Waals surface area contributed by atoms with Gasteiger partial charge in [-0.25, -0.2) is 5.43 Å². The van der Waals surface area contributed by atoms with Crippen LogP contribution in [0.4, 0.5) is 5.69 Å². The Labute approximate surface area is 135 Å². The predicted octanol–water partition coefficient (Wildman–Crippen LogP) is 2.04. The van der Waals surface area contributed by atoms with Crippen molar-refractivity contribution in [2.45, 2.75) is 4.90 Å². The smallest absolute Gasteiger partial charge is 0.307 e. The standard InChI is InChI=1S/C14H13N3O5S/c18-5-7-23-13-4-3-10(8-11(13)17(20)21)9-15-16-14(19)12-2-1-6-22-12/h1-4,6,8-9,18H,5,7H2,(H,16,19)/b15-9+. The van der Waals surface area contributed by atoms with Crippen LogP contribution in [0.1, 0.15) is 16.1 Å². The lowest BCUT2D eigenvalue weighted by Crippen LogP contribution is -2.16. The molecule has 120 valence electrons. The summed E-state index contributed by atoms with van der Waals surface area (Å²) < 4.78 is 4.90. The van der Waals surface area contributed by atoms with Gasteiger partial charge in [-0.1, -0.05) is 6.07 Å². The molecule has 2 aromatic rings. The lowest BCUT2D eigenvalue weighted by Gasteiger charge is -2.02. The van der Waals surface area contributed by atoms with Crippen molar-refractivity contribution in [2.75, 3.05) is 12.4 Å². The molecule has 0 atom stereocenters. The van der Waals surface area contributed by atoms with Gasteiger partial charge < -0.3 is 9.52 Å². The number of hydrogen-bond acceptors (Lipinski definition) is 7. The summed E-state index contributed by atoms with van der Waals surface area (Å²) in [7, 11) is 0. The van der Waals surface area contributed by atoms with E-state index in [0.717, 1.165) is 0 Å². The van der Waals surface area contributed by atoms with Crippen LogP contribution in [-0.2, 0) is 0 Å². The minimum absolute atomic E-state index is 0.0656. The predicted molar refractivity (Wildman–Crippen MR) is 84.7 cm³/mol. The monoisotopic (exact) mass is 335 g/mol. The van der Waals surface area contributed by atoms with Crippen molar-refractivity contribution in [1.29, 1.82) is 0 Å². The molecule has 23 heavy (non-hydrogen) atoms. The fraction of sp³-hybridized carbons (Fsp3) is 0.143. The summed E-state index contributed by atoms with van der Waals surface area (Å²) in [5, 5.41) is 23.6. The number of hydrogen-bond donors (Lipinski definition) is 2. The molecule has 2 rings (SSSR count). The van der Waals surface area contributed by atoms with Gasteiger partial charge in [-0.2, -0.15) is 5.10 Å². The number of thioether (sulfide) groups is 1. The molecule has 1 heterocycles. The van der Waals surface area contributed by atoms with Crippen molar-refractivity contribution < 1.29 is 19.2 Å². The molecule has 0 saturated heterocycles. The third-order valence-electron chi connectivity index (χ3n) is 2.65. The number of carbonyl (C=O) groups is 1. The quantitative estimate of drug-likeness (QED) is 0.346. The van der Waals surface area contributed by atoms with E-state index in [1.807, 2.05) is 0 Å². The second-order valence-electron chi connectivity index (χ2n) is 4.23. The first-order valence-corrected chi connectivity index (χ1v) is 7.49. The summed E-state index contributed by atoms with van der Waals surface area (Å²) in [5.74, 6) is -0.0345. The van der Waals surface area contributed by atoms with Crippen LogP contribution in [0.3, 0.4) is 0 Å². The molecule has 0 unspecified atom stereocenters. The van der Waals surface area contributed by atoms with Gasteiger partial charge in [0.2, 0.25) is 0 Å². The Balaban J connectivity index is 2.07. The highest BCUT2D eigenvalue weighted by molar-refractivity contribution is 7.99. The lowest BCUT2D eigenvalue weighted by atomic mass is 10.2. The average Bonchev–Trinajstić information content (AvgIpc) is 3.07. The number of nitrogens with zero attached hydrogens (tertiary/aromatic N) is 2. The molecule has 0 aliphatic carbocycles. The summed E-state index contributed by atoms with van der Waals surface area (Å²) in [4.78, 5) is 22.6. The maximum absolute atomic E-state index is 11.6. The van der Waals surface area contributed by atoms with Crippen molar-refractivity contribution in [2.24, 2.45) is 5.10 Å². The van der Waals surface area contributed by atoms with Gasteiger partial charge in [0, 0.05) is 17.4 Å². The van der Waals surface area contributed by atoms with E-state index in [4.69, 9.17) is 9.52 Å². The molecule has 0 fully saturated rings. The molecule has 0 radical (unpaired) electrons. The Morgan fingerprint density at radius 2 is 2.30 bits per heavy atom. The number of aliphatic hydroxyl groups excluding tert-OH is 1. The van der Waals surface area contributed by atoms with E-state index < -0.39 is 10.8 Å². The van der Waals surface area contributed by atoms with E-state index >= 15 is 0 Å². The number of nitrogens with one attached hydrogen (secondary N) is 1. The van der Waals surface area contributed by atoms with Crippen LogP contribution >= 0.6 is 11.8 Å². The van der Waals surface area contributed by atoms with Crippen LogP contribution < -0.4 is 5.43 Å². The zero-order valence-corrected chi connectivity index (χ0v) is 12.7. The normalized spacial score (nSPS) is 10.8. The summed E-state index contributed by atoms with van der Waals surface area (Å²) in [6.07, 6.45) is 2.67. The van der Waals surface area contributed by atoms with Crippen molar-refractivity contribution in [1.82, 2.24) is 5.43 Å². The molecule has 9 heteroatoms. The van der Waals surface area contributed by atoms with E-state index in [1.54, 1.807) is 18.2 Å². The lowest BCUT2D eigenvalue weighted by molar-refractivity contribution is -0.387. The Bertz CT molecular complexity index is 715. The first-order valence-electron chi connectivity index (χ1n) is 6.51. The molecule has 0 saturated carbocycles. The van der Waals surface area contributed by atoms with Crippen LogP contribution in [0, 0.1) is 10.1 Å². The summed E-state index contributed by atoms with van der Waals surface area (Å²) in [5.41, 5.74) is 2.64. The third kappa shape index (κ3) is 4.66. The fourth-order valence-corrected chi connectivity index (χ4v) is 2.42. The highest BCUT2D eigenvalue weighted by Gasteiger charge is 2.14. The van der Waals surface area contributed by atoms with Gasteiger partial charge in [0.15, 0.2) is 5.76 Å². The van der Waals surface area contributed by atoms with Gasteiger partial charge in [0.25, 0.3) is 5.69 Å². The minimum atomic E-state index is -0.518. The van der Waals surface area contributed by atoms with Crippen LogP contribution in [0.5, 0.6) is 0 Å². The zero-order valence-electron chi connectivity index (χ0n) is 11.8. The summed E-state index contributed by atoms with van der Waals surface area (Å²) >= 11 is 1.19. The van der Waals surface area contributed by atoms with E-state index in [-0.39, 0.29) is 18.1 Å². The number of carbonyl (C=O) groups excluding carboxylic acids is 1. The van der Waals surface area contributed by atoms with E-state index in [1.165, 1.54) is 36.4 Å². The number of rotatable bonds is 7. The molecule has 0 spiro atoms. The van der Waals surface area contributed by atoms with Gasteiger partial charge in [0.1, 0.15) is 0 Å². The Hall–Kier alpha value is -2.65. The molecular weight excluding hydrogens is 322 g/mol. The highest BCUT2D eigenvalue weighted by Crippen LogP contribution is 2.29. The molecule has 1 aromatic carbocycles. The number of nitro benzene ring substituents is 1. The number of nitro groups is 1. The number of benzene rings is 1. The van der Waals surface area contributed by atoms with Gasteiger partial charge in [-0.3, -0.25) is 14.9 Å². The Kier molecular flexibility index (Phi) is 5.89. The Morgan fingerprint density at radius 1 is 1.48 bits per heavy atom. The number of amides is 1. The first kappa shape index (κ1) is 16.7. The molecular formula is C14H13N3O5S. The third-order valence-corrected chi connectivity index (χ3v) is 3.70. The van der Waals surface area contributed by atoms with Crippen molar-refractivity contribution in [3.63, 3.8) is 0 Å². The van der Waals surface area contributed by atoms with Crippen molar-refractivity contribution in [3.8, 4) is 0 Å². The molecule has 1 amide bonds. The highest BCUT2D eigenvalue weighted by atomic mass is 32.2. The van der Waals surface area contributed by atoms with E-state index in [0.29, 0.717) is 16.2 Å². The maximum atomic E-state index is 11.6. The van der Waals surface area contributed by atoms with E-state index in [9.17, 15) is 14.9 Å². The van der Waals surface area contributed by atoms with Gasteiger partial charge in [-0.05, 0) is 18.2 Å². The van der Waals surface area contributed by atoms with Crippen molar-refractivity contribution >= 4 is 29.6 Å². The average molecular weight is 335 g/mol. The molecule has 8 nitrogen and oxygen atoms in total. The second kappa shape index (κ2) is 8.11. The molecule has 0 bridgehead atoms. The van der Waals surface area contributed by atoms with Crippen molar-refractivity contribution in [3.05, 3.63) is 58.0 Å². The van der Waals surface area contributed by atoms with Crippen LogP contribution in [-0.4, -0.2) is 34.5 Å². The first-order chi connectivity index (χ1) is 11.1. The van der Waals surface area contributed by atoms with E-state index in [2.05, 4.69) is 10.5 Å². The van der Waals surface area contributed by atoms with Gasteiger partial charge >= 0.3 is 5.91 Å².